The number of aromatic nitrogens is 2. The molecule has 0 spiro atoms. The molecule has 0 aliphatic rings. The Bertz CT molecular complexity index is 929. The summed E-state index contributed by atoms with van der Waals surface area (Å²) in [5, 5.41) is 9.17. The van der Waals surface area contributed by atoms with Crippen molar-refractivity contribution in [3.05, 3.63) is 65.5 Å². The van der Waals surface area contributed by atoms with Gasteiger partial charge in [-0.1, -0.05) is 30.3 Å². The van der Waals surface area contributed by atoms with Crippen molar-refractivity contribution in [2.45, 2.75) is 32.7 Å². The minimum Gasteiger partial charge on any atom is -0.481 e. The summed E-state index contributed by atoms with van der Waals surface area (Å²) in [6.45, 7) is 3.40. The minimum absolute atomic E-state index is 0.0142. The average molecular weight is 336 g/mol. The molecule has 1 atom stereocenters. The molecule has 0 saturated carbocycles. The minimum atomic E-state index is -0.847. The number of rotatable bonds is 6. The quantitative estimate of drug-likeness (QED) is 0.694. The summed E-state index contributed by atoms with van der Waals surface area (Å²) in [5.74, 6) is -0.0596. The van der Waals surface area contributed by atoms with Gasteiger partial charge < -0.3 is 9.67 Å². The van der Waals surface area contributed by atoms with Gasteiger partial charge in [0, 0.05) is 18.0 Å². The Morgan fingerprint density at radius 1 is 1.16 bits per heavy atom. The molecule has 25 heavy (non-hydrogen) atoms. The third-order valence-corrected chi connectivity index (χ3v) is 4.28. The van der Waals surface area contributed by atoms with Crippen LogP contribution in [0.15, 0.2) is 48.5 Å². The summed E-state index contributed by atoms with van der Waals surface area (Å²) >= 11 is 0. The number of carboxylic acids is 1. The first-order valence-electron chi connectivity index (χ1n) is 8.23. The van der Waals surface area contributed by atoms with Gasteiger partial charge in [0.25, 0.3) is 0 Å². The molecule has 0 bridgehead atoms. The summed E-state index contributed by atoms with van der Waals surface area (Å²) < 4.78 is 1.97. The van der Waals surface area contributed by atoms with Gasteiger partial charge in [0.2, 0.25) is 0 Å². The van der Waals surface area contributed by atoms with Crippen molar-refractivity contribution in [3.63, 3.8) is 0 Å². The van der Waals surface area contributed by atoms with E-state index in [-0.39, 0.29) is 18.2 Å². The van der Waals surface area contributed by atoms with Crippen LogP contribution in [0, 0.1) is 0 Å². The maximum absolute atomic E-state index is 11.6. The molecule has 0 aliphatic carbocycles. The van der Waals surface area contributed by atoms with Crippen LogP contribution in [0.3, 0.4) is 0 Å². The Labute approximate surface area is 145 Å². The molecular weight excluding hydrogens is 316 g/mol. The van der Waals surface area contributed by atoms with Gasteiger partial charge in [0.15, 0.2) is 5.78 Å². The number of benzene rings is 2. The molecule has 0 saturated heterocycles. The van der Waals surface area contributed by atoms with Gasteiger partial charge in [-0.2, -0.15) is 0 Å². The standard InChI is InChI=1S/C20H20N2O3/c1-13(10-20(24)25)22-18-9-8-16(14(2)23)12-17(18)21-19(22)11-15-6-4-3-5-7-15/h3-9,12-13H,10-11H2,1-2H3,(H,24,25). The summed E-state index contributed by atoms with van der Waals surface area (Å²) in [4.78, 5) is 27.5. The molecule has 0 radical (unpaired) electrons. The molecule has 3 rings (SSSR count). The fraction of sp³-hybridized carbons (Fsp3) is 0.250. The molecule has 1 heterocycles. The van der Waals surface area contributed by atoms with E-state index in [0.717, 1.165) is 22.4 Å². The van der Waals surface area contributed by atoms with E-state index < -0.39 is 5.97 Å². The predicted molar refractivity (Wildman–Crippen MR) is 95.9 cm³/mol. The zero-order chi connectivity index (χ0) is 18.0. The van der Waals surface area contributed by atoms with Crippen molar-refractivity contribution in [3.8, 4) is 0 Å². The molecule has 0 fully saturated rings. The molecule has 3 aromatic rings. The lowest BCUT2D eigenvalue weighted by Gasteiger charge is -2.16. The van der Waals surface area contributed by atoms with Crippen LogP contribution in [-0.4, -0.2) is 26.4 Å². The lowest BCUT2D eigenvalue weighted by Crippen LogP contribution is -2.13. The number of hydrogen-bond donors (Lipinski definition) is 1. The number of carboxylic acid groups (broad SMARTS) is 1. The first-order chi connectivity index (χ1) is 12.0. The van der Waals surface area contributed by atoms with Crippen LogP contribution in [0.25, 0.3) is 11.0 Å². The number of imidazole rings is 1. The smallest absolute Gasteiger partial charge is 0.305 e. The highest BCUT2D eigenvalue weighted by Gasteiger charge is 2.19. The monoisotopic (exact) mass is 336 g/mol. The van der Waals surface area contributed by atoms with E-state index in [0.29, 0.717) is 12.0 Å². The SMILES string of the molecule is CC(=O)c1ccc2c(c1)nc(Cc1ccccc1)n2C(C)CC(=O)O. The number of Topliss-reactive ketones (excluding diaryl/α,β-unsaturated/α-hetero) is 1. The zero-order valence-corrected chi connectivity index (χ0v) is 14.3. The largest absolute Gasteiger partial charge is 0.481 e. The first kappa shape index (κ1) is 16.9. The highest BCUT2D eigenvalue weighted by atomic mass is 16.4. The third-order valence-electron chi connectivity index (χ3n) is 4.28. The Morgan fingerprint density at radius 2 is 1.88 bits per heavy atom. The number of fused-ring (bicyclic) bond motifs is 1. The van der Waals surface area contributed by atoms with E-state index in [1.165, 1.54) is 6.92 Å². The van der Waals surface area contributed by atoms with Crippen LogP contribution in [0.4, 0.5) is 0 Å². The Kier molecular flexibility index (Phi) is 4.65. The first-order valence-corrected chi connectivity index (χ1v) is 8.23. The highest BCUT2D eigenvalue weighted by molar-refractivity contribution is 5.97. The fourth-order valence-corrected chi connectivity index (χ4v) is 3.11. The molecule has 0 amide bonds. The van der Waals surface area contributed by atoms with Crippen molar-refractivity contribution in [1.82, 2.24) is 9.55 Å². The number of carbonyl (C=O) groups is 2. The van der Waals surface area contributed by atoms with Crippen LogP contribution < -0.4 is 0 Å². The molecule has 5 nitrogen and oxygen atoms in total. The number of nitrogens with zero attached hydrogens (tertiary/aromatic N) is 2. The number of aliphatic carboxylic acids is 1. The van der Waals surface area contributed by atoms with E-state index >= 15 is 0 Å². The second kappa shape index (κ2) is 6.89. The van der Waals surface area contributed by atoms with Crippen molar-refractivity contribution < 1.29 is 14.7 Å². The van der Waals surface area contributed by atoms with Crippen LogP contribution >= 0.6 is 0 Å². The average Bonchev–Trinajstić information content (AvgIpc) is 2.92. The number of ketones is 1. The van der Waals surface area contributed by atoms with Gasteiger partial charge in [-0.05, 0) is 37.6 Å². The molecule has 1 N–H and O–H groups in total. The van der Waals surface area contributed by atoms with Gasteiger partial charge >= 0.3 is 5.97 Å². The van der Waals surface area contributed by atoms with Crippen LogP contribution in [0.2, 0.25) is 0 Å². The van der Waals surface area contributed by atoms with E-state index in [2.05, 4.69) is 0 Å². The maximum Gasteiger partial charge on any atom is 0.305 e. The fourth-order valence-electron chi connectivity index (χ4n) is 3.11. The molecule has 0 aliphatic heterocycles. The van der Waals surface area contributed by atoms with Crippen LogP contribution in [-0.2, 0) is 11.2 Å². The van der Waals surface area contributed by atoms with Crippen molar-refractivity contribution in [2.24, 2.45) is 0 Å². The van der Waals surface area contributed by atoms with E-state index in [4.69, 9.17) is 4.98 Å². The summed E-state index contributed by atoms with van der Waals surface area (Å²) in [5.41, 5.74) is 3.28. The van der Waals surface area contributed by atoms with Crippen molar-refractivity contribution in [2.75, 3.05) is 0 Å². The second-order valence-corrected chi connectivity index (χ2v) is 6.27. The molecule has 1 aromatic heterocycles. The Morgan fingerprint density at radius 3 is 2.52 bits per heavy atom. The van der Waals surface area contributed by atoms with Crippen molar-refractivity contribution in [1.29, 1.82) is 0 Å². The topological polar surface area (TPSA) is 72.2 Å². The third kappa shape index (κ3) is 3.60. The number of hydrogen-bond acceptors (Lipinski definition) is 3. The zero-order valence-electron chi connectivity index (χ0n) is 14.3. The van der Waals surface area contributed by atoms with Gasteiger partial charge in [-0.15, -0.1) is 0 Å². The summed E-state index contributed by atoms with van der Waals surface area (Å²) in [7, 11) is 0. The molecule has 1 unspecified atom stereocenters. The molecule has 128 valence electrons. The van der Waals surface area contributed by atoms with Gasteiger partial charge in [0.1, 0.15) is 5.82 Å². The molecule has 2 aromatic carbocycles. The summed E-state index contributed by atoms with van der Waals surface area (Å²) in [6, 6.07) is 15.1. The second-order valence-electron chi connectivity index (χ2n) is 6.27. The van der Waals surface area contributed by atoms with E-state index in [1.54, 1.807) is 12.1 Å². The van der Waals surface area contributed by atoms with E-state index in [9.17, 15) is 14.7 Å². The van der Waals surface area contributed by atoms with Gasteiger partial charge in [-0.25, -0.2) is 4.98 Å². The van der Waals surface area contributed by atoms with Crippen LogP contribution in [0.5, 0.6) is 0 Å². The maximum atomic E-state index is 11.6. The highest BCUT2D eigenvalue weighted by Crippen LogP contribution is 2.26. The molecular formula is C20H20N2O3. The van der Waals surface area contributed by atoms with Gasteiger partial charge in [-0.3, -0.25) is 9.59 Å². The van der Waals surface area contributed by atoms with Crippen LogP contribution in [0.1, 0.15) is 48.1 Å². The Balaban J connectivity index is 2.11. The lowest BCUT2D eigenvalue weighted by atomic mass is 10.1. The van der Waals surface area contributed by atoms with E-state index in [1.807, 2.05) is 47.9 Å². The molecule has 5 heteroatoms. The van der Waals surface area contributed by atoms with Crippen molar-refractivity contribution >= 4 is 22.8 Å². The summed E-state index contributed by atoms with van der Waals surface area (Å²) in [6.07, 6.45) is 0.622. The number of carbonyl (C=O) groups excluding carboxylic acids is 1. The normalized spacial score (nSPS) is 12.2. The Hall–Kier alpha value is -2.95. The van der Waals surface area contributed by atoms with Gasteiger partial charge in [0.05, 0.1) is 17.5 Å². The predicted octanol–water partition coefficient (Wildman–Crippen LogP) is 3.87. The lowest BCUT2D eigenvalue weighted by molar-refractivity contribution is -0.137.